The van der Waals surface area contributed by atoms with Crippen LogP contribution in [-0.4, -0.2) is 34.5 Å². The highest BCUT2D eigenvalue weighted by Crippen LogP contribution is 2.12. The lowest BCUT2D eigenvalue weighted by Gasteiger charge is -2.08. The van der Waals surface area contributed by atoms with E-state index in [0.717, 1.165) is 12.1 Å². The predicted molar refractivity (Wildman–Crippen MR) is 74.5 cm³/mol. The zero-order chi connectivity index (χ0) is 14.3. The van der Waals surface area contributed by atoms with Gasteiger partial charge in [-0.05, 0) is 30.7 Å². The number of hydrogen-bond acceptors (Lipinski definition) is 4. The van der Waals surface area contributed by atoms with Crippen molar-refractivity contribution >= 4 is 21.6 Å². The highest BCUT2D eigenvalue weighted by atomic mass is 32.2. The van der Waals surface area contributed by atoms with Crippen LogP contribution in [0.25, 0.3) is 0 Å². The minimum atomic E-state index is -3.64. The van der Waals surface area contributed by atoms with Crippen molar-refractivity contribution in [3.8, 4) is 0 Å². The first-order chi connectivity index (χ1) is 8.99. The fourth-order valence-corrected chi connectivity index (χ4v) is 2.35. The van der Waals surface area contributed by atoms with Gasteiger partial charge in [-0.3, -0.25) is 4.79 Å². The maximum atomic E-state index is 11.9. The molecule has 0 heterocycles. The van der Waals surface area contributed by atoms with Crippen molar-refractivity contribution in [3.05, 3.63) is 24.3 Å². The van der Waals surface area contributed by atoms with Crippen molar-refractivity contribution in [1.29, 1.82) is 0 Å². The first kappa shape index (κ1) is 15.5. The molecule has 0 saturated carbocycles. The monoisotopic (exact) mass is 285 g/mol. The van der Waals surface area contributed by atoms with Crippen LogP contribution in [0.15, 0.2) is 29.2 Å². The number of carbonyl (C=O) groups is 1. The summed E-state index contributed by atoms with van der Waals surface area (Å²) >= 11 is 0. The van der Waals surface area contributed by atoms with Crippen LogP contribution in [0.1, 0.15) is 13.3 Å². The molecule has 0 aromatic heterocycles. The molecule has 1 rings (SSSR count). The number of amides is 1. The first-order valence-corrected chi connectivity index (χ1v) is 7.52. The highest BCUT2D eigenvalue weighted by Gasteiger charge is 2.14. The number of benzene rings is 1. The lowest BCUT2D eigenvalue weighted by molar-refractivity contribution is -0.119. The minimum Gasteiger partial charge on any atom is -0.388 e. The van der Waals surface area contributed by atoms with E-state index in [1.54, 1.807) is 19.2 Å². The van der Waals surface area contributed by atoms with Crippen LogP contribution in [-0.2, 0) is 14.8 Å². The second kappa shape index (κ2) is 7.10. The van der Waals surface area contributed by atoms with E-state index in [2.05, 4.69) is 15.4 Å². The van der Waals surface area contributed by atoms with Crippen molar-refractivity contribution in [2.24, 2.45) is 0 Å². The van der Waals surface area contributed by atoms with Gasteiger partial charge in [0, 0.05) is 19.3 Å². The van der Waals surface area contributed by atoms with Crippen LogP contribution in [0, 0.1) is 0 Å². The van der Waals surface area contributed by atoms with Crippen molar-refractivity contribution in [3.63, 3.8) is 0 Å². The summed E-state index contributed by atoms with van der Waals surface area (Å²) in [6.07, 6.45) is 0.809. The summed E-state index contributed by atoms with van der Waals surface area (Å²) in [7, 11) is -1.89. The normalized spacial score (nSPS) is 11.1. The van der Waals surface area contributed by atoms with Gasteiger partial charge in [0.25, 0.3) is 0 Å². The standard InChI is InChI=1S/C12H19N3O3S/c1-3-8-14-12(16)9-15-19(17,18)11-6-4-10(13-2)5-7-11/h4-7,13,15H,3,8-9H2,1-2H3,(H,14,16). The zero-order valence-electron chi connectivity index (χ0n) is 11.1. The molecule has 0 aliphatic rings. The van der Waals surface area contributed by atoms with Gasteiger partial charge >= 0.3 is 0 Å². The molecule has 3 N–H and O–H groups in total. The van der Waals surface area contributed by atoms with E-state index in [9.17, 15) is 13.2 Å². The van der Waals surface area contributed by atoms with E-state index in [0.29, 0.717) is 6.54 Å². The SMILES string of the molecule is CCCNC(=O)CNS(=O)(=O)c1ccc(NC)cc1. The van der Waals surface area contributed by atoms with Crippen LogP contribution in [0.5, 0.6) is 0 Å². The van der Waals surface area contributed by atoms with Gasteiger partial charge in [0.05, 0.1) is 11.4 Å². The minimum absolute atomic E-state index is 0.134. The van der Waals surface area contributed by atoms with E-state index >= 15 is 0 Å². The largest absolute Gasteiger partial charge is 0.388 e. The molecule has 1 amide bonds. The van der Waals surface area contributed by atoms with Crippen molar-refractivity contribution in [2.45, 2.75) is 18.2 Å². The smallest absolute Gasteiger partial charge is 0.241 e. The molecule has 0 radical (unpaired) electrons. The molecule has 106 valence electrons. The highest BCUT2D eigenvalue weighted by molar-refractivity contribution is 7.89. The molecular weight excluding hydrogens is 266 g/mol. The third kappa shape index (κ3) is 4.88. The van der Waals surface area contributed by atoms with E-state index < -0.39 is 10.0 Å². The Hall–Kier alpha value is -1.60. The summed E-state index contributed by atoms with van der Waals surface area (Å²) in [6.45, 7) is 2.21. The van der Waals surface area contributed by atoms with Crippen LogP contribution in [0.2, 0.25) is 0 Å². The van der Waals surface area contributed by atoms with Gasteiger partial charge in [-0.1, -0.05) is 6.92 Å². The lowest BCUT2D eigenvalue weighted by atomic mass is 10.3. The van der Waals surface area contributed by atoms with Gasteiger partial charge in [-0.25, -0.2) is 13.1 Å². The number of rotatable bonds is 7. The van der Waals surface area contributed by atoms with E-state index in [-0.39, 0.29) is 17.3 Å². The summed E-state index contributed by atoms with van der Waals surface area (Å²) in [6, 6.07) is 6.29. The molecule has 7 heteroatoms. The molecule has 0 aliphatic heterocycles. The van der Waals surface area contributed by atoms with E-state index in [1.165, 1.54) is 12.1 Å². The molecule has 1 aromatic rings. The molecule has 0 aliphatic carbocycles. The molecule has 0 spiro atoms. The van der Waals surface area contributed by atoms with Gasteiger partial charge in [0.15, 0.2) is 0 Å². The molecule has 0 unspecified atom stereocenters. The van der Waals surface area contributed by atoms with Gasteiger partial charge in [0.2, 0.25) is 15.9 Å². The zero-order valence-corrected chi connectivity index (χ0v) is 11.9. The Morgan fingerprint density at radius 1 is 1.21 bits per heavy atom. The maximum Gasteiger partial charge on any atom is 0.241 e. The first-order valence-electron chi connectivity index (χ1n) is 6.03. The van der Waals surface area contributed by atoms with Crippen LogP contribution < -0.4 is 15.4 Å². The van der Waals surface area contributed by atoms with Crippen molar-refractivity contribution in [2.75, 3.05) is 25.5 Å². The van der Waals surface area contributed by atoms with Gasteiger partial charge < -0.3 is 10.6 Å². The molecule has 0 atom stereocenters. The van der Waals surface area contributed by atoms with Crippen LogP contribution in [0.3, 0.4) is 0 Å². The summed E-state index contributed by atoms with van der Waals surface area (Å²) in [4.78, 5) is 11.5. The predicted octanol–water partition coefficient (Wildman–Crippen LogP) is 0.533. The average molecular weight is 285 g/mol. The van der Waals surface area contributed by atoms with E-state index in [4.69, 9.17) is 0 Å². The summed E-state index contributed by atoms with van der Waals surface area (Å²) < 4.78 is 26.1. The van der Waals surface area contributed by atoms with Crippen molar-refractivity contribution in [1.82, 2.24) is 10.0 Å². The molecule has 19 heavy (non-hydrogen) atoms. The van der Waals surface area contributed by atoms with Crippen molar-refractivity contribution < 1.29 is 13.2 Å². The molecular formula is C12H19N3O3S. The topological polar surface area (TPSA) is 87.3 Å². The number of carbonyl (C=O) groups excluding carboxylic acids is 1. The Morgan fingerprint density at radius 2 is 1.84 bits per heavy atom. The van der Waals surface area contributed by atoms with Crippen LogP contribution >= 0.6 is 0 Å². The second-order valence-electron chi connectivity index (χ2n) is 3.95. The lowest BCUT2D eigenvalue weighted by Crippen LogP contribution is -2.37. The molecule has 0 bridgehead atoms. The Kier molecular flexibility index (Phi) is 5.78. The fourth-order valence-electron chi connectivity index (χ4n) is 1.37. The third-order valence-electron chi connectivity index (χ3n) is 2.45. The Bertz CT molecular complexity index is 512. The Morgan fingerprint density at radius 3 is 2.37 bits per heavy atom. The van der Waals surface area contributed by atoms with Gasteiger partial charge in [0.1, 0.15) is 0 Å². The summed E-state index contributed by atoms with van der Waals surface area (Å²) in [5.74, 6) is -0.336. The summed E-state index contributed by atoms with van der Waals surface area (Å²) in [5, 5.41) is 5.50. The Balaban J connectivity index is 2.62. The maximum absolute atomic E-state index is 11.9. The number of sulfonamides is 1. The Labute approximate surface area is 113 Å². The van der Waals surface area contributed by atoms with E-state index in [1.807, 2.05) is 6.92 Å². The molecule has 6 nitrogen and oxygen atoms in total. The number of nitrogens with one attached hydrogen (secondary N) is 3. The number of hydrogen-bond donors (Lipinski definition) is 3. The fraction of sp³-hybridized carbons (Fsp3) is 0.417. The average Bonchev–Trinajstić information content (AvgIpc) is 2.43. The third-order valence-corrected chi connectivity index (χ3v) is 3.87. The quantitative estimate of drug-likeness (QED) is 0.682. The van der Waals surface area contributed by atoms with Gasteiger partial charge in [-0.15, -0.1) is 0 Å². The van der Waals surface area contributed by atoms with Crippen LogP contribution in [0.4, 0.5) is 5.69 Å². The van der Waals surface area contributed by atoms with Gasteiger partial charge in [-0.2, -0.15) is 0 Å². The molecule has 1 aromatic carbocycles. The molecule has 0 saturated heterocycles. The molecule has 0 fully saturated rings. The summed E-state index contributed by atoms with van der Waals surface area (Å²) in [5.41, 5.74) is 0.819. The number of anilines is 1. The second-order valence-corrected chi connectivity index (χ2v) is 5.72.